The van der Waals surface area contributed by atoms with E-state index >= 15 is 0 Å². The van der Waals surface area contributed by atoms with Crippen LogP contribution in [-0.2, 0) is 11.2 Å². The van der Waals surface area contributed by atoms with Crippen LogP contribution in [0.25, 0.3) is 22.4 Å². The van der Waals surface area contributed by atoms with Gasteiger partial charge < -0.3 is 14.7 Å². The molecule has 0 aliphatic rings. The SMILES string of the molecule is CCC(C)C(NC(=O)CCc1ncc(-c2ccccc2Cl)o1)c1nc2ccccc2[nH]1. The summed E-state index contributed by atoms with van der Waals surface area (Å²) in [5, 5.41) is 3.74. The zero-order valence-electron chi connectivity index (χ0n) is 17.6. The minimum absolute atomic E-state index is 0.0664. The molecule has 0 saturated carbocycles. The number of benzene rings is 2. The van der Waals surface area contributed by atoms with Gasteiger partial charge in [-0.15, -0.1) is 0 Å². The Hall–Kier alpha value is -3.12. The smallest absolute Gasteiger partial charge is 0.221 e. The Kier molecular flexibility index (Phi) is 6.37. The molecule has 160 valence electrons. The molecule has 1 amide bonds. The number of hydrogen-bond donors (Lipinski definition) is 2. The number of amides is 1. The Morgan fingerprint density at radius 1 is 1.19 bits per heavy atom. The summed E-state index contributed by atoms with van der Waals surface area (Å²) in [5.74, 6) is 2.05. The number of para-hydroxylation sites is 2. The van der Waals surface area contributed by atoms with Crippen molar-refractivity contribution >= 4 is 28.5 Å². The molecule has 7 heteroatoms. The summed E-state index contributed by atoms with van der Waals surface area (Å²) in [6, 6.07) is 15.1. The number of aromatic amines is 1. The number of carbonyl (C=O) groups excluding carboxylic acids is 1. The van der Waals surface area contributed by atoms with E-state index in [1.165, 1.54) is 0 Å². The quantitative estimate of drug-likeness (QED) is 0.370. The van der Waals surface area contributed by atoms with E-state index in [1.807, 2.05) is 42.5 Å². The highest BCUT2D eigenvalue weighted by Gasteiger charge is 2.23. The predicted molar refractivity (Wildman–Crippen MR) is 122 cm³/mol. The minimum Gasteiger partial charge on any atom is -0.441 e. The molecule has 4 aromatic rings. The fourth-order valence-corrected chi connectivity index (χ4v) is 3.74. The van der Waals surface area contributed by atoms with Crippen LogP contribution >= 0.6 is 11.6 Å². The van der Waals surface area contributed by atoms with Gasteiger partial charge in [-0.2, -0.15) is 0 Å². The van der Waals surface area contributed by atoms with E-state index in [0.717, 1.165) is 28.8 Å². The van der Waals surface area contributed by atoms with Crippen molar-refractivity contribution in [3.8, 4) is 11.3 Å². The van der Waals surface area contributed by atoms with Crippen LogP contribution < -0.4 is 5.32 Å². The van der Waals surface area contributed by atoms with Gasteiger partial charge in [0, 0.05) is 18.4 Å². The van der Waals surface area contributed by atoms with E-state index in [4.69, 9.17) is 16.0 Å². The maximum atomic E-state index is 12.7. The number of rotatable bonds is 8. The van der Waals surface area contributed by atoms with Crippen LogP contribution in [-0.4, -0.2) is 20.9 Å². The lowest BCUT2D eigenvalue weighted by Gasteiger charge is -2.22. The summed E-state index contributed by atoms with van der Waals surface area (Å²) in [6.07, 6.45) is 3.24. The molecule has 0 aliphatic carbocycles. The molecule has 0 bridgehead atoms. The number of hydrogen-bond acceptors (Lipinski definition) is 4. The van der Waals surface area contributed by atoms with Crippen LogP contribution in [0, 0.1) is 5.92 Å². The van der Waals surface area contributed by atoms with Gasteiger partial charge in [0.2, 0.25) is 5.91 Å². The molecular weight excluding hydrogens is 412 g/mol. The van der Waals surface area contributed by atoms with Crippen LogP contribution in [0.4, 0.5) is 0 Å². The van der Waals surface area contributed by atoms with E-state index < -0.39 is 0 Å². The minimum atomic E-state index is -0.187. The number of carbonyl (C=O) groups is 1. The van der Waals surface area contributed by atoms with Crippen LogP contribution in [0.15, 0.2) is 59.1 Å². The summed E-state index contributed by atoms with van der Waals surface area (Å²) < 4.78 is 5.80. The first kappa shape index (κ1) is 21.1. The van der Waals surface area contributed by atoms with Crippen molar-refractivity contribution in [1.82, 2.24) is 20.3 Å². The van der Waals surface area contributed by atoms with Gasteiger partial charge in [-0.3, -0.25) is 4.79 Å². The number of nitrogens with zero attached hydrogens (tertiary/aromatic N) is 2. The van der Waals surface area contributed by atoms with Gasteiger partial charge in [-0.1, -0.05) is 56.1 Å². The Morgan fingerprint density at radius 3 is 2.74 bits per heavy atom. The molecule has 2 unspecified atom stereocenters. The van der Waals surface area contributed by atoms with Crippen molar-refractivity contribution in [2.45, 2.75) is 39.2 Å². The predicted octanol–water partition coefficient (Wildman–Crippen LogP) is 5.71. The Balaban J connectivity index is 1.42. The zero-order chi connectivity index (χ0) is 21.8. The van der Waals surface area contributed by atoms with Crippen molar-refractivity contribution in [2.75, 3.05) is 0 Å². The average molecular weight is 437 g/mol. The summed E-state index contributed by atoms with van der Waals surface area (Å²) >= 11 is 6.22. The maximum Gasteiger partial charge on any atom is 0.221 e. The van der Waals surface area contributed by atoms with Crippen molar-refractivity contribution < 1.29 is 9.21 Å². The summed E-state index contributed by atoms with van der Waals surface area (Å²) in [6.45, 7) is 4.22. The molecule has 0 fully saturated rings. The molecule has 0 aliphatic heterocycles. The van der Waals surface area contributed by atoms with E-state index in [1.54, 1.807) is 12.3 Å². The zero-order valence-corrected chi connectivity index (χ0v) is 18.3. The standard InChI is InChI=1S/C24H25ClN4O2/c1-3-15(2)23(24-27-18-10-6-7-11-19(18)28-24)29-21(30)12-13-22-26-14-20(31-22)16-8-4-5-9-17(16)25/h4-11,14-15,23H,3,12-13H2,1-2H3,(H,27,28)(H,29,30). The highest BCUT2D eigenvalue weighted by atomic mass is 35.5. The number of imidazole rings is 1. The second-order valence-electron chi connectivity index (χ2n) is 7.67. The van der Waals surface area contributed by atoms with Gasteiger partial charge in [0.05, 0.1) is 28.3 Å². The molecule has 4 rings (SSSR count). The Morgan fingerprint density at radius 2 is 1.97 bits per heavy atom. The number of H-pyrrole nitrogens is 1. The number of halogens is 1. The van der Waals surface area contributed by atoms with Crippen molar-refractivity contribution in [1.29, 1.82) is 0 Å². The van der Waals surface area contributed by atoms with E-state index in [2.05, 4.69) is 34.1 Å². The Labute approximate surface area is 186 Å². The van der Waals surface area contributed by atoms with Gasteiger partial charge in [-0.05, 0) is 30.2 Å². The summed E-state index contributed by atoms with van der Waals surface area (Å²) in [4.78, 5) is 25.1. The first-order chi connectivity index (χ1) is 15.0. The van der Waals surface area contributed by atoms with E-state index in [-0.39, 0.29) is 24.3 Å². The van der Waals surface area contributed by atoms with E-state index in [9.17, 15) is 4.79 Å². The number of oxazole rings is 1. The third-order valence-electron chi connectivity index (χ3n) is 5.49. The second-order valence-corrected chi connectivity index (χ2v) is 8.08. The molecule has 6 nitrogen and oxygen atoms in total. The fourth-order valence-electron chi connectivity index (χ4n) is 3.51. The maximum absolute atomic E-state index is 12.7. The van der Waals surface area contributed by atoms with Gasteiger partial charge in [-0.25, -0.2) is 9.97 Å². The van der Waals surface area contributed by atoms with Crippen LogP contribution in [0.2, 0.25) is 5.02 Å². The number of nitrogens with one attached hydrogen (secondary N) is 2. The number of aromatic nitrogens is 3. The highest BCUT2D eigenvalue weighted by molar-refractivity contribution is 6.33. The molecule has 2 heterocycles. The second kappa shape index (κ2) is 9.35. The fraction of sp³-hybridized carbons (Fsp3) is 0.292. The number of fused-ring (bicyclic) bond motifs is 1. The van der Waals surface area contributed by atoms with Crippen molar-refractivity contribution in [3.63, 3.8) is 0 Å². The lowest BCUT2D eigenvalue weighted by atomic mass is 9.98. The topological polar surface area (TPSA) is 83.8 Å². The third-order valence-corrected chi connectivity index (χ3v) is 5.82. The van der Waals surface area contributed by atoms with Gasteiger partial charge in [0.25, 0.3) is 0 Å². The first-order valence-corrected chi connectivity index (χ1v) is 10.9. The molecule has 0 saturated heterocycles. The van der Waals surface area contributed by atoms with Crippen LogP contribution in [0.3, 0.4) is 0 Å². The lowest BCUT2D eigenvalue weighted by molar-refractivity contribution is -0.122. The van der Waals surface area contributed by atoms with Gasteiger partial charge in [0.15, 0.2) is 11.7 Å². The largest absolute Gasteiger partial charge is 0.441 e. The molecule has 2 aromatic heterocycles. The molecule has 2 N–H and O–H groups in total. The van der Waals surface area contributed by atoms with Gasteiger partial charge >= 0.3 is 0 Å². The molecule has 2 aromatic carbocycles. The Bertz CT molecular complexity index is 1150. The normalized spacial score (nSPS) is 13.3. The van der Waals surface area contributed by atoms with Crippen LogP contribution in [0.1, 0.15) is 44.4 Å². The first-order valence-electron chi connectivity index (χ1n) is 10.5. The molecular formula is C24H25ClN4O2. The molecule has 0 radical (unpaired) electrons. The monoisotopic (exact) mass is 436 g/mol. The van der Waals surface area contributed by atoms with Crippen molar-refractivity contribution in [3.05, 3.63) is 71.5 Å². The molecule has 0 spiro atoms. The van der Waals surface area contributed by atoms with Crippen molar-refractivity contribution in [2.24, 2.45) is 5.92 Å². The highest BCUT2D eigenvalue weighted by Crippen LogP contribution is 2.28. The lowest BCUT2D eigenvalue weighted by Crippen LogP contribution is -2.33. The molecule has 2 atom stereocenters. The third kappa shape index (κ3) is 4.80. The summed E-state index contributed by atoms with van der Waals surface area (Å²) in [7, 11) is 0. The summed E-state index contributed by atoms with van der Waals surface area (Å²) in [5.41, 5.74) is 2.65. The van der Waals surface area contributed by atoms with Gasteiger partial charge in [0.1, 0.15) is 5.82 Å². The average Bonchev–Trinajstić information content (AvgIpc) is 3.42. The van der Waals surface area contributed by atoms with Crippen LogP contribution in [0.5, 0.6) is 0 Å². The number of aryl methyl sites for hydroxylation is 1. The van der Waals surface area contributed by atoms with E-state index in [0.29, 0.717) is 23.1 Å². The molecule has 31 heavy (non-hydrogen) atoms.